The number of nitrogens with one attached hydrogen (secondary N) is 1. The molecule has 108 valence electrons. The van der Waals surface area contributed by atoms with Crippen molar-refractivity contribution in [1.82, 2.24) is 10.2 Å². The Hall–Kier alpha value is 0.160. The number of nitrogens with zero attached hydrogens (tertiary/aromatic N) is 1. The van der Waals surface area contributed by atoms with Crippen molar-refractivity contribution in [2.75, 3.05) is 19.6 Å². The molecule has 1 saturated heterocycles. The van der Waals surface area contributed by atoms with Crippen LogP contribution in [0.1, 0.15) is 38.4 Å². The van der Waals surface area contributed by atoms with Gasteiger partial charge in [0.15, 0.2) is 4.67 Å². The molecule has 0 radical (unpaired) electrons. The van der Waals surface area contributed by atoms with E-state index in [1.165, 1.54) is 45.3 Å². The summed E-state index contributed by atoms with van der Waals surface area (Å²) in [5.74, 6) is 0.979. The third-order valence-electron chi connectivity index (χ3n) is 3.68. The third kappa shape index (κ3) is 4.88. The SMILES string of the molecule is CCCCN1CCC(NCc2cc(Br)c(Br)o2)CC1. The smallest absolute Gasteiger partial charge is 0.183 e. The van der Waals surface area contributed by atoms with Crippen LogP contribution in [0.3, 0.4) is 0 Å². The van der Waals surface area contributed by atoms with Gasteiger partial charge in [0.05, 0.1) is 11.0 Å². The van der Waals surface area contributed by atoms with Crippen LogP contribution in [0.15, 0.2) is 19.6 Å². The van der Waals surface area contributed by atoms with Crippen molar-refractivity contribution < 1.29 is 4.42 Å². The van der Waals surface area contributed by atoms with E-state index in [9.17, 15) is 0 Å². The Kier molecular flexibility index (Phi) is 6.39. The summed E-state index contributed by atoms with van der Waals surface area (Å²) in [5.41, 5.74) is 0. The van der Waals surface area contributed by atoms with Gasteiger partial charge in [0.25, 0.3) is 0 Å². The van der Waals surface area contributed by atoms with Crippen molar-refractivity contribution in [1.29, 1.82) is 0 Å². The molecule has 0 spiro atoms. The van der Waals surface area contributed by atoms with Gasteiger partial charge in [-0.1, -0.05) is 13.3 Å². The third-order valence-corrected chi connectivity index (χ3v) is 5.39. The minimum Gasteiger partial charge on any atom is -0.452 e. The molecule has 1 aromatic heterocycles. The molecule has 1 aromatic rings. The fraction of sp³-hybridized carbons (Fsp3) is 0.714. The zero-order valence-electron chi connectivity index (χ0n) is 11.4. The lowest BCUT2D eigenvalue weighted by atomic mass is 10.0. The van der Waals surface area contributed by atoms with E-state index >= 15 is 0 Å². The van der Waals surface area contributed by atoms with E-state index in [2.05, 4.69) is 49.0 Å². The zero-order valence-corrected chi connectivity index (χ0v) is 14.6. The van der Waals surface area contributed by atoms with Gasteiger partial charge in [-0.05, 0) is 76.8 Å². The molecule has 0 atom stereocenters. The Morgan fingerprint density at radius 2 is 2.11 bits per heavy atom. The highest BCUT2D eigenvalue weighted by molar-refractivity contribution is 9.13. The van der Waals surface area contributed by atoms with Gasteiger partial charge < -0.3 is 14.6 Å². The molecule has 2 rings (SSSR count). The van der Waals surface area contributed by atoms with Gasteiger partial charge in [0, 0.05) is 6.04 Å². The maximum atomic E-state index is 5.58. The summed E-state index contributed by atoms with van der Waals surface area (Å²) >= 11 is 6.80. The first kappa shape index (κ1) is 15.5. The van der Waals surface area contributed by atoms with E-state index in [-0.39, 0.29) is 0 Å². The fourth-order valence-electron chi connectivity index (χ4n) is 2.47. The number of rotatable bonds is 6. The summed E-state index contributed by atoms with van der Waals surface area (Å²) in [6.07, 6.45) is 5.10. The second-order valence-electron chi connectivity index (χ2n) is 5.18. The molecule has 1 fully saturated rings. The van der Waals surface area contributed by atoms with Crippen molar-refractivity contribution in [3.63, 3.8) is 0 Å². The van der Waals surface area contributed by atoms with Gasteiger partial charge in [-0.3, -0.25) is 0 Å². The molecule has 5 heteroatoms. The van der Waals surface area contributed by atoms with Crippen molar-refractivity contribution in [3.05, 3.63) is 21.0 Å². The van der Waals surface area contributed by atoms with Crippen LogP contribution in [0.5, 0.6) is 0 Å². The molecular weight excluding hydrogens is 372 g/mol. The number of hydrogen-bond acceptors (Lipinski definition) is 3. The molecular formula is C14H22Br2N2O. The van der Waals surface area contributed by atoms with E-state index < -0.39 is 0 Å². The second kappa shape index (κ2) is 7.81. The Balaban J connectivity index is 1.68. The van der Waals surface area contributed by atoms with Crippen LogP contribution in [0.2, 0.25) is 0 Å². The monoisotopic (exact) mass is 392 g/mol. The topological polar surface area (TPSA) is 28.4 Å². The second-order valence-corrected chi connectivity index (χ2v) is 6.76. The molecule has 0 unspecified atom stereocenters. The molecule has 0 bridgehead atoms. The van der Waals surface area contributed by atoms with Crippen LogP contribution in [0.25, 0.3) is 0 Å². The van der Waals surface area contributed by atoms with Crippen LogP contribution in [0.4, 0.5) is 0 Å². The average molecular weight is 394 g/mol. The maximum Gasteiger partial charge on any atom is 0.183 e. The van der Waals surface area contributed by atoms with Crippen molar-refractivity contribution >= 4 is 31.9 Å². The van der Waals surface area contributed by atoms with Gasteiger partial charge in [-0.2, -0.15) is 0 Å². The largest absolute Gasteiger partial charge is 0.452 e. The Labute approximate surface area is 132 Å². The first-order valence-electron chi connectivity index (χ1n) is 7.08. The van der Waals surface area contributed by atoms with Gasteiger partial charge in [-0.15, -0.1) is 0 Å². The molecule has 1 aliphatic heterocycles. The standard InChI is InChI=1S/C14H22Br2N2O/c1-2-3-6-18-7-4-11(5-8-18)17-10-12-9-13(15)14(16)19-12/h9,11,17H,2-8,10H2,1H3. The maximum absolute atomic E-state index is 5.58. The zero-order chi connectivity index (χ0) is 13.7. The molecule has 1 aliphatic rings. The highest BCUT2D eigenvalue weighted by atomic mass is 79.9. The van der Waals surface area contributed by atoms with Crippen LogP contribution < -0.4 is 5.32 Å². The lowest BCUT2D eigenvalue weighted by Crippen LogP contribution is -2.42. The summed E-state index contributed by atoms with van der Waals surface area (Å²) in [5, 5.41) is 3.59. The lowest BCUT2D eigenvalue weighted by molar-refractivity contribution is 0.193. The number of unbranched alkanes of at least 4 members (excludes halogenated alkanes) is 1. The molecule has 0 saturated carbocycles. The minimum absolute atomic E-state index is 0.625. The summed E-state index contributed by atoms with van der Waals surface area (Å²) in [7, 11) is 0. The van der Waals surface area contributed by atoms with E-state index in [0.717, 1.165) is 21.4 Å². The first-order valence-corrected chi connectivity index (χ1v) is 8.67. The molecule has 3 nitrogen and oxygen atoms in total. The predicted molar refractivity (Wildman–Crippen MR) is 85.3 cm³/mol. The molecule has 2 heterocycles. The molecule has 19 heavy (non-hydrogen) atoms. The van der Waals surface area contributed by atoms with E-state index in [1.807, 2.05) is 6.07 Å². The Morgan fingerprint density at radius 3 is 2.68 bits per heavy atom. The van der Waals surface area contributed by atoms with Crippen LogP contribution in [-0.2, 0) is 6.54 Å². The van der Waals surface area contributed by atoms with E-state index in [1.54, 1.807) is 0 Å². The quantitative estimate of drug-likeness (QED) is 0.786. The average Bonchev–Trinajstić information content (AvgIpc) is 2.74. The molecule has 0 aromatic carbocycles. The van der Waals surface area contributed by atoms with Gasteiger partial charge in [0.2, 0.25) is 0 Å². The van der Waals surface area contributed by atoms with Crippen molar-refractivity contribution in [2.24, 2.45) is 0 Å². The number of halogens is 2. The normalized spacial score (nSPS) is 18.1. The van der Waals surface area contributed by atoms with E-state index in [4.69, 9.17) is 4.42 Å². The van der Waals surface area contributed by atoms with Crippen molar-refractivity contribution in [3.8, 4) is 0 Å². The molecule has 0 amide bonds. The highest BCUT2D eigenvalue weighted by Crippen LogP contribution is 2.26. The number of furan rings is 1. The Bertz CT molecular complexity index is 367. The van der Waals surface area contributed by atoms with Gasteiger partial charge >= 0.3 is 0 Å². The highest BCUT2D eigenvalue weighted by Gasteiger charge is 2.18. The summed E-state index contributed by atoms with van der Waals surface area (Å²) in [4.78, 5) is 2.59. The van der Waals surface area contributed by atoms with Crippen molar-refractivity contribution in [2.45, 2.75) is 45.2 Å². The number of likely N-dealkylation sites (tertiary alicyclic amines) is 1. The number of piperidine rings is 1. The fourth-order valence-corrected chi connectivity index (χ4v) is 3.12. The lowest BCUT2D eigenvalue weighted by Gasteiger charge is -2.32. The van der Waals surface area contributed by atoms with Crippen LogP contribution in [0, 0.1) is 0 Å². The van der Waals surface area contributed by atoms with Gasteiger partial charge in [-0.25, -0.2) is 0 Å². The molecule has 1 N–H and O–H groups in total. The first-order chi connectivity index (χ1) is 9.19. The van der Waals surface area contributed by atoms with Crippen LogP contribution in [-0.4, -0.2) is 30.6 Å². The minimum atomic E-state index is 0.625. The molecule has 0 aliphatic carbocycles. The summed E-state index contributed by atoms with van der Waals surface area (Å²) in [6, 6.07) is 2.65. The number of hydrogen-bond donors (Lipinski definition) is 1. The predicted octanol–water partition coefficient (Wildman–Crippen LogP) is 4.16. The van der Waals surface area contributed by atoms with Crippen LogP contribution >= 0.6 is 31.9 Å². The summed E-state index contributed by atoms with van der Waals surface area (Å²) < 4.78 is 7.34. The van der Waals surface area contributed by atoms with Gasteiger partial charge in [0.1, 0.15) is 5.76 Å². The summed E-state index contributed by atoms with van der Waals surface area (Å²) in [6.45, 7) is 6.78. The van der Waals surface area contributed by atoms with E-state index in [0.29, 0.717) is 6.04 Å². The Morgan fingerprint density at radius 1 is 1.37 bits per heavy atom.